The van der Waals surface area contributed by atoms with Gasteiger partial charge in [0.15, 0.2) is 17.3 Å². The van der Waals surface area contributed by atoms with Gasteiger partial charge in [0.2, 0.25) is 5.95 Å². The highest BCUT2D eigenvalue weighted by Crippen LogP contribution is 2.27. The van der Waals surface area contributed by atoms with Gasteiger partial charge in [-0.05, 0) is 42.0 Å². The van der Waals surface area contributed by atoms with Gasteiger partial charge in [-0.15, -0.1) is 5.10 Å². The highest BCUT2D eigenvalue weighted by molar-refractivity contribution is 5.57. The quantitative estimate of drug-likeness (QED) is 0.660. The van der Waals surface area contributed by atoms with Crippen LogP contribution in [0.15, 0.2) is 48.7 Å². The number of rotatable bonds is 7. The highest BCUT2D eigenvalue weighted by Gasteiger charge is 2.06. The Hall–Kier alpha value is -3.86. The van der Waals surface area contributed by atoms with Crippen molar-refractivity contribution in [3.8, 4) is 17.6 Å². The Morgan fingerprint density at radius 1 is 1.04 bits per heavy atom. The maximum atomic E-state index is 8.85. The van der Waals surface area contributed by atoms with E-state index in [2.05, 4.69) is 31.9 Å². The van der Waals surface area contributed by atoms with Crippen molar-refractivity contribution in [2.75, 3.05) is 24.9 Å². The van der Waals surface area contributed by atoms with E-state index in [4.69, 9.17) is 14.7 Å². The fourth-order valence-corrected chi connectivity index (χ4v) is 2.39. The molecular weight excluding hydrogens is 344 g/mol. The summed E-state index contributed by atoms with van der Waals surface area (Å²) in [5, 5.41) is 23.0. The maximum absolute atomic E-state index is 8.85. The van der Waals surface area contributed by atoms with E-state index in [0.717, 1.165) is 11.3 Å². The molecule has 8 heteroatoms. The Kier molecular flexibility index (Phi) is 5.64. The number of ether oxygens (including phenoxy) is 2. The van der Waals surface area contributed by atoms with Crippen LogP contribution in [0, 0.1) is 11.3 Å². The fourth-order valence-electron chi connectivity index (χ4n) is 2.39. The van der Waals surface area contributed by atoms with Gasteiger partial charge in [-0.2, -0.15) is 15.3 Å². The van der Waals surface area contributed by atoms with Crippen molar-refractivity contribution in [3.05, 3.63) is 59.8 Å². The first kappa shape index (κ1) is 17.9. The Morgan fingerprint density at radius 2 is 1.81 bits per heavy atom. The summed E-state index contributed by atoms with van der Waals surface area (Å²) in [6, 6.07) is 14.8. The van der Waals surface area contributed by atoms with Crippen molar-refractivity contribution in [3.63, 3.8) is 0 Å². The Morgan fingerprint density at radius 3 is 2.52 bits per heavy atom. The zero-order valence-electron chi connectivity index (χ0n) is 14.9. The number of nitrogens with one attached hydrogen (secondary N) is 2. The molecule has 1 aromatic heterocycles. The summed E-state index contributed by atoms with van der Waals surface area (Å²) in [5.74, 6) is 2.27. The van der Waals surface area contributed by atoms with Gasteiger partial charge in [0, 0.05) is 12.2 Å². The van der Waals surface area contributed by atoms with Crippen molar-refractivity contribution in [2.45, 2.75) is 6.54 Å². The number of nitrogens with zero attached hydrogens (tertiary/aromatic N) is 4. The minimum atomic E-state index is 0.392. The normalized spacial score (nSPS) is 9.96. The average Bonchev–Trinajstić information content (AvgIpc) is 2.73. The summed E-state index contributed by atoms with van der Waals surface area (Å²) in [5.41, 5.74) is 2.39. The van der Waals surface area contributed by atoms with E-state index < -0.39 is 0 Å². The first-order valence-electron chi connectivity index (χ1n) is 8.13. The first-order chi connectivity index (χ1) is 13.2. The summed E-state index contributed by atoms with van der Waals surface area (Å²) in [4.78, 5) is 4.39. The molecule has 0 unspecified atom stereocenters. The van der Waals surface area contributed by atoms with Gasteiger partial charge in [-0.25, -0.2) is 0 Å². The zero-order chi connectivity index (χ0) is 19.1. The van der Waals surface area contributed by atoms with Crippen LogP contribution in [-0.4, -0.2) is 29.4 Å². The molecule has 136 valence electrons. The molecule has 0 amide bonds. The molecule has 8 nitrogen and oxygen atoms in total. The predicted octanol–water partition coefficient (Wildman–Crippen LogP) is 3.12. The second-order valence-electron chi connectivity index (χ2n) is 5.52. The largest absolute Gasteiger partial charge is 0.493 e. The highest BCUT2D eigenvalue weighted by atomic mass is 16.5. The number of hydrogen-bond donors (Lipinski definition) is 2. The molecule has 0 saturated heterocycles. The van der Waals surface area contributed by atoms with Gasteiger partial charge in [0.1, 0.15) is 0 Å². The molecule has 0 atom stereocenters. The van der Waals surface area contributed by atoms with Gasteiger partial charge in [0.05, 0.1) is 32.0 Å². The Balaban J connectivity index is 1.66. The Labute approximate surface area is 156 Å². The van der Waals surface area contributed by atoms with Crippen LogP contribution < -0.4 is 20.1 Å². The van der Waals surface area contributed by atoms with Crippen molar-refractivity contribution >= 4 is 17.5 Å². The van der Waals surface area contributed by atoms with Gasteiger partial charge in [-0.1, -0.05) is 6.07 Å². The molecule has 0 saturated carbocycles. The van der Waals surface area contributed by atoms with E-state index in [1.54, 1.807) is 38.5 Å². The van der Waals surface area contributed by atoms with Crippen molar-refractivity contribution < 1.29 is 9.47 Å². The van der Waals surface area contributed by atoms with E-state index in [1.165, 1.54) is 6.20 Å². The van der Waals surface area contributed by atoms with E-state index >= 15 is 0 Å². The fraction of sp³-hybridized carbons (Fsp3) is 0.158. The van der Waals surface area contributed by atoms with Crippen LogP contribution in [0.25, 0.3) is 0 Å². The molecule has 27 heavy (non-hydrogen) atoms. The lowest BCUT2D eigenvalue weighted by molar-refractivity contribution is 0.354. The topological polar surface area (TPSA) is 105 Å². The van der Waals surface area contributed by atoms with Crippen molar-refractivity contribution in [1.29, 1.82) is 5.26 Å². The summed E-state index contributed by atoms with van der Waals surface area (Å²) in [7, 11) is 3.20. The molecule has 0 aliphatic rings. The Bertz CT molecular complexity index is 953. The second-order valence-corrected chi connectivity index (χ2v) is 5.52. The van der Waals surface area contributed by atoms with Gasteiger partial charge >= 0.3 is 0 Å². The van der Waals surface area contributed by atoms with E-state index in [0.29, 0.717) is 35.4 Å². The molecular formula is C19H18N6O2. The van der Waals surface area contributed by atoms with Gasteiger partial charge < -0.3 is 20.1 Å². The summed E-state index contributed by atoms with van der Waals surface area (Å²) >= 11 is 0. The van der Waals surface area contributed by atoms with Crippen LogP contribution in [0.1, 0.15) is 11.1 Å². The molecule has 0 radical (unpaired) electrons. The molecule has 2 N–H and O–H groups in total. The van der Waals surface area contributed by atoms with Crippen LogP contribution in [0.3, 0.4) is 0 Å². The third-order valence-electron chi connectivity index (χ3n) is 3.74. The zero-order valence-corrected chi connectivity index (χ0v) is 14.9. The number of methoxy groups -OCH3 is 2. The molecule has 3 aromatic rings. The first-order valence-corrected chi connectivity index (χ1v) is 8.13. The molecule has 0 fully saturated rings. The predicted molar refractivity (Wildman–Crippen MR) is 101 cm³/mol. The molecule has 0 aliphatic heterocycles. The monoisotopic (exact) mass is 362 g/mol. The summed E-state index contributed by atoms with van der Waals surface area (Å²) < 4.78 is 10.5. The van der Waals surface area contributed by atoms with Gasteiger partial charge in [-0.3, -0.25) is 0 Å². The van der Waals surface area contributed by atoms with Crippen LogP contribution in [0.2, 0.25) is 0 Å². The lowest BCUT2D eigenvalue weighted by Crippen LogP contribution is -2.06. The molecule has 3 rings (SSSR count). The minimum absolute atomic E-state index is 0.392. The third kappa shape index (κ3) is 4.61. The smallest absolute Gasteiger partial charge is 0.244 e. The lowest BCUT2D eigenvalue weighted by Gasteiger charge is -2.10. The number of anilines is 3. The van der Waals surface area contributed by atoms with Crippen LogP contribution in [0.4, 0.5) is 17.5 Å². The summed E-state index contributed by atoms with van der Waals surface area (Å²) in [6.45, 7) is 0.502. The maximum Gasteiger partial charge on any atom is 0.244 e. The van der Waals surface area contributed by atoms with Crippen LogP contribution in [0.5, 0.6) is 11.5 Å². The number of nitriles is 1. The SMILES string of the molecule is COc1ccc(CNc2nncc(Nc3ccc(C#N)cc3)n2)cc1OC. The molecule has 0 bridgehead atoms. The third-order valence-corrected chi connectivity index (χ3v) is 3.74. The van der Waals surface area contributed by atoms with Crippen molar-refractivity contribution in [1.82, 2.24) is 15.2 Å². The standard InChI is InChI=1S/C19H18N6O2/c1-26-16-8-5-14(9-17(16)27-2)11-21-19-24-18(12-22-25-19)23-15-6-3-13(10-20)4-7-15/h3-9,12H,11H2,1-2H3,(H2,21,23,24,25). The molecule has 2 aromatic carbocycles. The number of benzene rings is 2. The van der Waals surface area contributed by atoms with E-state index in [9.17, 15) is 0 Å². The van der Waals surface area contributed by atoms with E-state index in [1.807, 2.05) is 18.2 Å². The van der Waals surface area contributed by atoms with E-state index in [-0.39, 0.29) is 0 Å². The van der Waals surface area contributed by atoms with Crippen molar-refractivity contribution in [2.24, 2.45) is 0 Å². The molecule has 0 aliphatic carbocycles. The number of hydrogen-bond acceptors (Lipinski definition) is 8. The number of aromatic nitrogens is 3. The molecule has 1 heterocycles. The molecule has 0 spiro atoms. The second kappa shape index (κ2) is 8.49. The summed E-state index contributed by atoms with van der Waals surface area (Å²) in [6.07, 6.45) is 1.53. The van der Waals surface area contributed by atoms with Crippen LogP contribution >= 0.6 is 0 Å². The minimum Gasteiger partial charge on any atom is -0.493 e. The average molecular weight is 362 g/mol. The lowest BCUT2D eigenvalue weighted by atomic mass is 10.2. The van der Waals surface area contributed by atoms with Crippen LogP contribution in [-0.2, 0) is 6.54 Å². The van der Waals surface area contributed by atoms with Gasteiger partial charge in [0.25, 0.3) is 0 Å².